The third kappa shape index (κ3) is 14.1. The number of aliphatic hydroxyl groups excluding tert-OH is 1. The van der Waals surface area contributed by atoms with E-state index in [-0.39, 0.29) is 6.42 Å². The Labute approximate surface area is 119 Å². The van der Waals surface area contributed by atoms with Crippen LogP contribution in [0.3, 0.4) is 0 Å². The summed E-state index contributed by atoms with van der Waals surface area (Å²) in [4.78, 5) is 0. The van der Waals surface area contributed by atoms with E-state index in [0.717, 1.165) is 19.3 Å². The van der Waals surface area contributed by atoms with Gasteiger partial charge in [0.15, 0.2) is 5.79 Å². The van der Waals surface area contributed by atoms with Gasteiger partial charge in [0, 0.05) is 6.42 Å². The van der Waals surface area contributed by atoms with Crippen LogP contribution in [0.4, 0.5) is 0 Å². The van der Waals surface area contributed by atoms with Crippen LogP contribution < -0.4 is 0 Å². The van der Waals surface area contributed by atoms with Gasteiger partial charge in [0.2, 0.25) is 0 Å². The maximum absolute atomic E-state index is 9.19. The zero-order valence-electron chi connectivity index (χ0n) is 12.7. The summed E-state index contributed by atoms with van der Waals surface area (Å²) in [6.45, 7) is 1.68. The minimum Gasteiger partial charge on any atom is -0.391 e. The van der Waals surface area contributed by atoms with Crippen molar-refractivity contribution in [3.8, 4) is 0 Å². The van der Waals surface area contributed by atoms with Crippen molar-refractivity contribution in [3.63, 3.8) is 0 Å². The molecule has 0 atom stereocenters. The minimum absolute atomic E-state index is 0.279. The highest BCUT2D eigenvalue weighted by Gasteiger charge is 2.20. The first kappa shape index (κ1) is 18.9. The summed E-state index contributed by atoms with van der Waals surface area (Å²) < 4.78 is 0. The topological polar surface area (TPSA) is 60.7 Å². The molecule has 0 saturated heterocycles. The molecule has 0 aromatic rings. The van der Waals surface area contributed by atoms with Crippen molar-refractivity contribution in [2.45, 2.75) is 96.2 Å². The molecule has 3 N–H and O–H groups in total. The second kappa shape index (κ2) is 12.9. The highest BCUT2D eigenvalue weighted by atomic mass is 16.5. The summed E-state index contributed by atoms with van der Waals surface area (Å²) in [5, 5.41) is 27.1. The molecule has 0 bridgehead atoms. The summed E-state index contributed by atoms with van der Waals surface area (Å²) in [7, 11) is 0. The molecular formula is C16H34O3. The van der Waals surface area contributed by atoms with Gasteiger partial charge in [-0.3, -0.25) is 0 Å². The van der Waals surface area contributed by atoms with E-state index in [2.05, 4.69) is 6.92 Å². The van der Waals surface area contributed by atoms with Gasteiger partial charge in [0.05, 0.1) is 6.61 Å². The van der Waals surface area contributed by atoms with Gasteiger partial charge in [-0.25, -0.2) is 0 Å². The molecule has 0 aromatic heterocycles. The van der Waals surface area contributed by atoms with Gasteiger partial charge in [-0.1, -0.05) is 77.6 Å². The summed E-state index contributed by atoms with van der Waals surface area (Å²) in [5.41, 5.74) is 0. The Morgan fingerprint density at radius 1 is 0.632 bits per heavy atom. The Kier molecular flexibility index (Phi) is 12.8. The fourth-order valence-electron chi connectivity index (χ4n) is 2.33. The number of aliphatic hydroxyl groups is 3. The third-order valence-electron chi connectivity index (χ3n) is 3.68. The van der Waals surface area contributed by atoms with E-state index in [1.54, 1.807) is 0 Å². The number of hydrogen-bond donors (Lipinski definition) is 3. The van der Waals surface area contributed by atoms with Gasteiger partial charge in [-0.05, 0) is 6.42 Å². The van der Waals surface area contributed by atoms with Gasteiger partial charge in [-0.15, -0.1) is 0 Å². The largest absolute Gasteiger partial charge is 0.391 e. The monoisotopic (exact) mass is 274 g/mol. The van der Waals surface area contributed by atoms with Crippen molar-refractivity contribution in [1.29, 1.82) is 0 Å². The molecule has 0 saturated carbocycles. The van der Waals surface area contributed by atoms with E-state index >= 15 is 0 Å². The lowest BCUT2D eigenvalue weighted by Gasteiger charge is -2.18. The Hall–Kier alpha value is -0.120. The second-order valence-corrected chi connectivity index (χ2v) is 5.78. The van der Waals surface area contributed by atoms with Gasteiger partial charge < -0.3 is 15.3 Å². The molecule has 0 radical (unpaired) electrons. The predicted octanol–water partition coefficient (Wildman–Crippen LogP) is 3.75. The fraction of sp³-hybridized carbons (Fsp3) is 1.00. The van der Waals surface area contributed by atoms with Gasteiger partial charge in [0.1, 0.15) is 0 Å². The smallest absolute Gasteiger partial charge is 0.186 e. The molecular weight excluding hydrogens is 240 g/mol. The van der Waals surface area contributed by atoms with E-state index in [1.165, 1.54) is 57.8 Å². The molecule has 0 aliphatic carbocycles. The van der Waals surface area contributed by atoms with Gasteiger partial charge in [0.25, 0.3) is 0 Å². The van der Waals surface area contributed by atoms with Crippen molar-refractivity contribution in [2.75, 3.05) is 6.61 Å². The van der Waals surface area contributed by atoms with Crippen LogP contribution in [0.25, 0.3) is 0 Å². The average molecular weight is 274 g/mol. The molecule has 0 aliphatic rings. The molecule has 0 spiro atoms. The first-order valence-corrected chi connectivity index (χ1v) is 8.18. The third-order valence-corrected chi connectivity index (χ3v) is 3.68. The summed E-state index contributed by atoms with van der Waals surface area (Å²) in [5.74, 6) is -1.86. The highest BCUT2D eigenvalue weighted by molar-refractivity contribution is 4.62. The predicted molar refractivity (Wildman–Crippen MR) is 79.9 cm³/mol. The van der Waals surface area contributed by atoms with Crippen molar-refractivity contribution in [2.24, 2.45) is 0 Å². The molecule has 0 rings (SSSR count). The summed E-state index contributed by atoms with van der Waals surface area (Å²) >= 11 is 0. The highest BCUT2D eigenvalue weighted by Crippen LogP contribution is 2.15. The molecule has 0 heterocycles. The molecule has 0 aromatic carbocycles. The molecule has 0 amide bonds. The lowest BCUT2D eigenvalue weighted by molar-refractivity contribution is -0.191. The molecule has 116 valence electrons. The lowest BCUT2D eigenvalue weighted by Crippen LogP contribution is -2.32. The van der Waals surface area contributed by atoms with Crippen molar-refractivity contribution < 1.29 is 15.3 Å². The van der Waals surface area contributed by atoms with Crippen LogP contribution in [-0.4, -0.2) is 27.7 Å². The van der Waals surface area contributed by atoms with Crippen LogP contribution in [0, 0.1) is 0 Å². The average Bonchev–Trinajstić information content (AvgIpc) is 2.40. The van der Waals surface area contributed by atoms with E-state index in [0.29, 0.717) is 0 Å². The Morgan fingerprint density at radius 2 is 1.00 bits per heavy atom. The van der Waals surface area contributed by atoms with Gasteiger partial charge >= 0.3 is 0 Å². The van der Waals surface area contributed by atoms with E-state index < -0.39 is 12.4 Å². The van der Waals surface area contributed by atoms with Crippen LogP contribution in [0.1, 0.15) is 90.4 Å². The van der Waals surface area contributed by atoms with Crippen molar-refractivity contribution in [3.05, 3.63) is 0 Å². The van der Waals surface area contributed by atoms with Crippen molar-refractivity contribution >= 4 is 0 Å². The number of rotatable bonds is 14. The first-order valence-electron chi connectivity index (χ1n) is 8.18. The molecule has 3 heteroatoms. The van der Waals surface area contributed by atoms with Crippen LogP contribution in [0.5, 0.6) is 0 Å². The maximum Gasteiger partial charge on any atom is 0.186 e. The van der Waals surface area contributed by atoms with Crippen LogP contribution in [0.15, 0.2) is 0 Å². The van der Waals surface area contributed by atoms with E-state index in [4.69, 9.17) is 5.11 Å². The molecule has 0 aliphatic heterocycles. The zero-order chi connectivity index (χ0) is 14.4. The van der Waals surface area contributed by atoms with E-state index in [9.17, 15) is 10.2 Å². The Balaban J connectivity index is 3.07. The first-order chi connectivity index (χ1) is 9.12. The summed E-state index contributed by atoms with van der Waals surface area (Å²) in [6, 6.07) is 0. The van der Waals surface area contributed by atoms with Gasteiger partial charge in [-0.2, -0.15) is 0 Å². The van der Waals surface area contributed by atoms with Crippen molar-refractivity contribution in [1.82, 2.24) is 0 Å². The molecule has 3 nitrogen and oxygen atoms in total. The second-order valence-electron chi connectivity index (χ2n) is 5.78. The fourth-order valence-corrected chi connectivity index (χ4v) is 2.33. The standard InChI is InChI=1S/C16H34O3/c1-2-3-4-5-6-7-8-9-10-11-12-13-14-16(18,19)15-17/h17-19H,2-15H2,1H3. The normalized spacial score (nSPS) is 12.0. The SMILES string of the molecule is CCCCCCCCCCCCCCC(O)(O)CO. The van der Waals surface area contributed by atoms with Crippen LogP contribution in [0.2, 0.25) is 0 Å². The minimum atomic E-state index is -1.86. The number of hydrogen-bond acceptors (Lipinski definition) is 3. The maximum atomic E-state index is 9.19. The quantitative estimate of drug-likeness (QED) is 0.334. The molecule has 0 fully saturated rings. The zero-order valence-corrected chi connectivity index (χ0v) is 12.7. The Bertz CT molecular complexity index is 181. The molecule has 19 heavy (non-hydrogen) atoms. The van der Waals surface area contributed by atoms with E-state index in [1.807, 2.05) is 0 Å². The van der Waals surface area contributed by atoms with Crippen LogP contribution in [-0.2, 0) is 0 Å². The summed E-state index contributed by atoms with van der Waals surface area (Å²) in [6.07, 6.45) is 15.4. The molecule has 0 unspecified atom stereocenters. The van der Waals surface area contributed by atoms with Crippen LogP contribution >= 0.6 is 0 Å². The number of unbranched alkanes of at least 4 members (excludes halogenated alkanes) is 11. The Morgan fingerprint density at radius 3 is 1.37 bits per heavy atom. The lowest BCUT2D eigenvalue weighted by atomic mass is 10.0.